The molecule has 1 saturated heterocycles. The number of likely N-dealkylation sites (tertiary alicyclic amines) is 1. The molecule has 0 spiro atoms. The molecular weight excluding hydrogens is 338 g/mol. The lowest BCUT2D eigenvalue weighted by molar-refractivity contribution is 0.310. The zero-order valence-corrected chi connectivity index (χ0v) is 14.8. The van der Waals surface area contributed by atoms with Crippen molar-refractivity contribution in [1.82, 2.24) is 25.0 Å². The van der Waals surface area contributed by atoms with Crippen LogP contribution in [0.5, 0.6) is 0 Å². The van der Waals surface area contributed by atoms with E-state index in [4.69, 9.17) is 4.52 Å². The van der Waals surface area contributed by atoms with E-state index in [1.54, 1.807) is 12.4 Å². The van der Waals surface area contributed by atoms with Crippen molar-refractivity contribution < 1.29 is 4.52 Å². The lowest BCUT2D eigenvalue weighted by Crippen LogP contribution is -2.20. The molecule has 0 radical (unpaired) electrons. The molecule has 134 valence electrons. The van der Waals surface area contributed by atoms with Gasteiger partial charge in [0.2, 0.25) is 11.7 Å². The van der Waals surface area contributed by atoms with Gasteiger partial charge in [-0.3, -0.25) is 14.9 Å². The lowest BCUT2D eigenvalue weighted by Gasteiger charge is -2.16. The largest absolute Gasteiger partial charge is 0.339 e. The molecule has 4 heterocycles. The zero-order chi connectivity index (χ0) is 18.1. The van der Waals surface area contributed by atoms with Crippen molar-refractivity contribution in [3.8, 4) is 11.4 Å². The third-order valence-electron chi connectivity index (χ3n) is 5.12. The normalized spacial score (nSPS) is 17.6. The summed E-state index contributed by atoms with van der Waals surface area (Å²) in [5.41, 5.74) is 3.23. The molecule has 0 unspecified atom stereocenters. The van der Waals surface area contributed by atoms with Crippen LogP contribution in [0.15, 0.2) is 65.6 Å². The van der Waals surface area contributed by atoms with Crippen LogP contribution in [0.3, 0.4) is 0 Å². The van der Waals surface area contributed by atoms with Crippen molar-refractivity contribution in [2.45, 2.75) is 18.9 Å². The van der Waals surface area contributed by atoms with E-state index in [-0.39, 0.29) is 5.92 Å². The van der Waals surface area contributed by atoms with Gasteiger partial charge in [0, 0.05) is 42.6 Å². The minimum absolute atomic E-state index is 0.274. The number of aromatic nitrogens is 4. The van der Waals surface area contributed by atoms with Crippen molar-refractivity contribution in [3.63, 3.8) is 0 Å². The standard InChI is InChI=1S/C21H19N5O/c1-2-6-19-18(5-1)16(7-10-23-19)13-26-11-8-17(14-26)21-24-20(25-27-21)15-4-3-9-22-12-15/h1-7,9-10,12,17H,8,11,13-14H2/t17-/m1/s1. The average molecular weight is 357 g/mol. The lowest BCUT2D eigenvalue weighted by atomic mass is 10.1. The van der Waals surface area contributed by atoms with Crippen LogP contribution in [0.25, 0.3) is 22.3 Å². The Morgan fingerprint density at radius 1 is 1.07 bits per heavy atom. The van der Waals surface area contributed by atoms with E-state index in [0.717, 1.165) is 43.0 Å². The second kappa shape index (κ2) is 6.89. The number of rotatable bonds is 4. The molecule has 0 aliphatic carbocycles. The van der Waals surface area contributed by atoms with Gasteiger partial charge < -0.3 is 4.52 Å². The fraction of sp³-hybridized carbons (Fsp3) is 0.238. The first-order chi connectivity index (χ1) is 13.4. The summed E-state index contributed by atoms with van der Waals surface area (Å²) >= 11 is 0. The Morgan fingerprint density at radius 3 is 2.96 bits per heavy atom. The number of pyridine rings is 2. The molecule has 4 aromatic rings. The maximum atomic E-state index is 5.55. The van der Waals surface area contributed by atoms with E-state index in [9.17, 15) is 0 Å². The number of para-hydroxylation sites is 1. The maximum absolute atomic E-state index is 5.55. The topological polar surface area (TPSA) is 67.9 Å². The van der Waals surface area contributed by atoms with Gasteiger partial charge in [-0.25, -0.2) is 0 Å². The SMILES string of the molecule is c1cncc(-c2noc([C@@H]3CCN(Cc4ccnc5ccccc45)C3)n2)c1. The summed E-state index contributed by atoms with van der Waals surface area (Å²) < 4.78 is 5.55. The minimum atomic E-state index is 0.274. The number of hydrogen-bond acceptors (Lipinski definition) is 6. The molecule has 1 aliphatic rings. The van der Waals surface area contributed by atoms with Gasteiger partial charge in [-0.15, -0.1) is 0 Å². The molecule has 5 rings (SSSR count). The van der Waals surface area contributed by atoms with E-state index in [2.05, 4.69) is 49.3 Å². The molecule has 0 N–H and O–H groups in total. The summed E-state index contributed by atoms with van der Waals surface area (Å²) in [5, 5.41) is 5.35. The molecule has 1 aliphatic heterocycles. The third-order valence-corrected chi connectivity index (χ3v) is 5.12. The van der Waals surface area contributed by atoms with Crippen LogP contribution in [0.2, 0.25) is 0 Å². The fourth-order valence-electron chi connectivity index (χ4n) is 3.72. The zero-order valence-electron chi connectivity index (χ0n) is 14.8. The highest BCUT2D eigenvalue weighted by molar-refractivity contribution is 5.81. The van der Waals surface area contributed by atoms with Crippen molar-refractivity contribution in [3.05, 3.63) is 72.5 Å². The molecule has 1 atom stereocenters. The quantitative estimate of drug-likeness (QED) is 0.555. The van der Waals surface area contributed by atoms with Gasteiger partial charge in [0.05, 0.1) is 11.4 Å². The maximum Gasteiger partial charge on any atom is 0.231 e. The van der Waals surface area contributed by atoms with Gasteiger partial charge >= 0.3 is 0 Å². The molecule has 0 saturated carbocycles. The highest BCUT2D eigenvalue weighted by atomic mass is 16.5. The van der Waals surface area contributed by atoms with E-state index in [0.29, 0.717) is 5.82 Å². The Hall–Kier alpha value is -3.12. The minimum Gasteiger partial charge on any atom is -0.339 e. The van der Waals surface area contributed by atoms with Crippen molar-refractivity contribution in [2.75, 3.05) is 13.1 Å². The summed E-state index contributed by atoms with van der Waals surface area (Å²) in [5.74, 6) is 1.60. The highest BCUT2D eigenvalue weighted by Crippen LogP contribution is 2.29. The van der Waals surface area contributed by atoms with Crippen LogP contribution in [0.1, 0.15) is 23.8 Å². The molecule has 1 fully saturated rings. The van der Waals surface area contributed by atoms with E-state index in [1.807, 2.05) is 24.4 Å². The average Bonchev–Trinajstić information content (AvgIpc) is 3.39. The number of fused-ring (bicyclic) bond motifs is 1. The first-order valence-corrected chi connectivity index (χ1v) is 9.16. The first-order valence-electron chi connectivity index (χ1n) is 9.16. The Bertz CT molecular complexity index is 1060. The monoisotopic (exact) mass is 357 g/mol. The summed E-state index contributed by atoms with van der Waals surface area (Å²) in [7, 11) is 0. The Balaban J connectivity index is 1.31. The van der Waals surface area contributed by atoms with Crippen LogP contribution < -0.4 is 0 Å². The molecule has 0 bridgehead atoms. The van der Waals surface area contributed by atoms with Crippen molar-refractivity contribution in [1.29, 1.82) is 0 Å². The first kappa shape index (κ1) is 16.1. The van der Waals surface area contributed by atoms with Crippen LogP contribution in [0.4, 0.5) is 0 Å². The van der Waals surface area contributed by atoms with Gasteiger partial charge in [-0.2, -0.15) is 4.98 Å². The third kappa shape index (κ3) is 3.19. The second-order valence-electron chi connectivity index (χ2n) is 6.91. The predicted octanol–water partition coefficient (Wildman–Crippen LogP) is 3.67. The summed E-state index contributed by atoms with van der Waals surface area (Å²) in [4.78, 5) is 15.6. The smallest absolute Gasteiger partial charge is 0.231 e. The van der Waals surface area contributed by atoms with Gasteiger partial charge in [0.15, 0.2) is 0 Å². The van der Waals surface area contributed by atoms with Crippen LogP contribution in [-0.2, 0) is 6.54 Å². The molecule has 6 nitrogen and oxygen atoms in total. The molecule has 0 amide bonds. The van der Waals surface area contributed by atoms with E-state index < -0.39 is 0 Å². The molecule has 3 aromatic heterocycles. The Morgan fingerprint density at radius 2 is 2.04 bits per heavy atom. The molecule has 1 aromatic carbocycles. The van der Waals surface area contributed by atoms with Crippen molar-refractivity contribution in [2.24, 2.45) is 0 Å². The van der Waals surface area contributed by atoms with Gasteiger partial charge in [-0.05, 0) is 42.8 Å². The molecular formula is C21H19N5O. The number of nitrogens with zero attached hydrogens (tertiary/aromatic N) is 5. The molecule has 6 heteroatoms. The number of benzene rings is 1. The van der Waals surface area contributed by atoms with Gasteiger partial charge in [0.25, 0.3) is 0 Å². The van der Waals surface area contributed by atoms with E-state index in [1.165, 1.54) is 10.9 Å². The highest BCUT2D eigenvalue weighted by Gasteiger charge is 2.28. The summed E-state index contributed by atoms with van der Waals surface area (Å²) in [6.45, 7) is 2.85. The Labute approximate surface area is 156 Å². The van der Waals surface area contributed by atoms with Gasteiger partial charge in [-0.1, -0.05) is 23.4 Å². The second-order valence-corrected chi connectivity index (χ2v) is 6.91. The van der Waals surface area contributed by atoms with Crippen LogP contribution in [0, 0.1) is 0 Å². The predicted molar refractivity (Wildman–Crippen MR) is 102 cm³/mol. The Kier molecular flexibility index (Phi) is 4.10. The van der Waals surface area contributed by atoms with Crippen molar-refractivity contribution >= 4 is 10.9 Å². The van der Waals surface area contributed by atoms with E-state index >= 15 is 0 Å². The fourth-order valence-corrected chi connectivity index (χ4v) is 3.72. The van der Waals surface area contributed by atoms with Crippen LogP contribution in [-0.4, -0.2) is 38.1 Å². The summed E-state index contributed by atoms with van der Waals surface area (Å²) in [6.07, 6.45) is 6.41. The number of hydrogen-bond donors (Lipinski definition) is 0. The van der Waals surface area contributed by atoms with Gasteiger partial charge in [0.1, 0.15) is 0 Å². The molecule has 27 heavy (non-hydrogen) atoms. The summed E-state index contributed by atoms with van der Waals surface area (Å²) in [6, 6.07) is 14.2. The van der Waals surface area contributed by atoms with Crippen LogP contribution >= 0.6 is 0 Å².